The summed E-state index contributed by atoms with van der Waals surface area (Å²) in [5.41, 5.74) is 7.15. The smallest absolute Gasteiger partial charge is 0.161 e. The first kappa shape index (κ1) is 16.6. The van der Waals surface area contributed by atoms with Gasteiger partial charge in [0.15, 0.2) is 11.5 Å². The van der Waals surface area contributed by atoms with Crippen LogP contribution in [-0.2, 0) is 0 Å². The van der Waals surface area contributed by atoms with Crippen LogP contribution in [-0.4, -0.2) is 14.2 Å². The third kappa shape index (κ3) is 4.05. The van der Waals surface area contributed by atoms with Gasteiger partial charge in [-0.15, -0.1) is 12.4 Å². The molecule has 3 nitrogen and oxygen atoms in total. The zero-order valence-electron chi connectivity index (χ0n) is 10.3. The van der Waals surface area contributed by atoms with Gasteiger partial charge in [-0.25, -0.2) is 0 Å². The lowest BCUT2D eigenvalue weighted by Gasteiger charge is -2.16. The average Bonchev–Trinajstić information content (AvgIpc) is 2.28. The molecule has 1 atom stereocenters. The molecule has 1 aromatic carbocycles. The molecule has 0 saturated carbocycles. The Morgan fingerprint density at radius 2 is 1.76 bits per heavy atom. The summed E-state index contributed by atoms with van der Waals surface area (Å²) in [7, 11) is 3.25. The van der Waals surface area contributed by atoms with E-state index < -0.39 is 0 Å². The van der Waals surface area contributed by atoms with E-state index in [1.54, 1.807) is 14.2 Å². The summed E-state index contributed by atoms with van der Waals surface area (Å²) < 4.78 is 11.4. The molecule has 17 heavy (non-hydrogen) atoms. The molecular weight excluding hydrogens is 305 g/mol. The molecule has 1 aromatic rings. The number of hydrogen-bond donors (Lipinski definition) is 1. The van der Waals surface area contributed by atoms with Crippen LogP contribution in [0.15, 0.2) is 16.6 Å². The van der Waals surface area contributed by atoms with Gasteiger partial charge in [-0.05, 0) is 24.1 Å². The lowest BCUT2D eigenvalue weighted by molar-refractivity contribution is 0.354. The van der Waals surface area contributed by atoms with Crippen molar-refractivity contribution in [3.8, 4) is 11.5 Å². The summed E-state index contributed by atoms with van der Waals surface area (Å²) in [6.07, 6.45) is 2.01. The maximum absolute atomic E-state index is 6.10. The van der Waals surface area contributed by atoms with E-state index in [9.17, 15) is 0 Å². The van der Waals surface area contributed by atoms with Crippen LogP contribution in [0.2, 0.25) is 0 Å². The Morgan fingerprint density at radius 1 is 1.24 bits per heavy atom. The van der Waals surface area contributed by atoms with Crippen molar-refractivity contribution in [1.29, 1.82) is 0 Å². The summed E-state index contributed by atoms with van der Waals surface area (Å²) in [6.45, 7) is 2.12. The quantitative estimate of drug-likeness (QED) is 0.898. The van der Waals surface area contributed by atoms with Crippen molar-refractivity contribution in [2.45, 2.75) is 25.8 Å². The van der Waals surface area contributed by atoms with Crippen LogP contribution in [0.25, 0.3) is 0 Å². The Labute approximate surface area is 117 Å². The topological polar surface area (TPSA) is 44.5 Å². The molecule has 2 N–H and O–H groups in total. The van der Waals surface area contributed by atoms with Crippen molar-refractivity contribution >= 4 is 28.3 Å². The van der Waals surface area contributed by atoms with Crippen LogP contribution in [0.3, 0.4) is 0 Å². The molecule has 0 unspecified atom stereocenters. The van der Waals surface area contributed by atoms with Gasteiger partial charge >= 0.3 is 0 Å². The molecule has 0 bridgehead atoms. The summed E-state index contributed by atoms with van der Waals surface area (Å²) >= 11 is 3.51. The SMILES string of the molecule is CCC[C@H](N)c1cc(OC)c(OC)cc1Br.Cl. The maximum atomic E-state index is 6.10. The number of ether oxygens (including phenoxy) is 2. The van der Waals surface area contributed by atoms with E-state index in [1.165, 1.54) is 0 Å². The van der Waals surface area contributed by atoms with Crippen molar-refractivity contribution in [1.82, 2.24) is 0 Å². The van der Waals surface area contributed by atoms with Gasteiger partial charge < -0.3 is 15.2 Å². The molecule has 0 spiro atoms. The molecule has 0 aliphatic carbocycles. The molecule has 0 fully saturated rings. The fourth-order valence-electron chi connectivity index (χ4n) is 1.62. The van der Waals surface area contributed by atoms with E-state index in [4.69, 9.17) is 15.2 Å². The Hall–Kier alpha value is -0.450. The first-order valence-corrected chi connectivity index (χ1v) is 6.10. The van der Waals surface area contributed by atoms with Crippen LogP contribution in [0.5, 0.6) is 11.5 Å². The third-order valence-corrected chi connectivity index (χ3v) is 3.19. The number of methoxy groups -OCH3 is 2. The second-order valence-electron chi connectivity index (χ2n) is 3.62. The molecule has 0 aromatic heterocycles. The highest BCUT2D eigenvalue weighted by Gasteiger charge is 2.14. The minimum Gasteiger partial charge on any atom is -0.493 e. The minimum absolute atomic E-state index is 0. The van der Waals surface area contributed by atoms with Gasteiger partial charge in [-0.2, -0.15) is 0 Å². The summed E-state index contributed by atoms with van der Waals surface area (Å²) in [5, 5.41) is 0. The molecule has 1 rings (SSSR count). The second-order valence-corrected chi connectivity index (χ2v) is 4.48. The first-order valence-electron chi connectivity index (χ1n) is 5.31. The standard InChI is InChI=1S/C12H18BrNO2.ClH/c1-4-5-10(14)8-6-11(15-2)12(16-3)7-9(8)13;/h6-7,10H,4-5,14H2,1-3H3;1H/t10-;/m0./s1. The second kappa shape index (κ2) is 7.80. The van der Waals surface area contributed by atoms with Gasteiger partial charge in [0, 0.05) is 10.5 Å². The Morgan fingerprint density at radius 3 is 2.24 bits per heavy atom. The highest BCUT2D eigenvalue weighted by atomic mass is 79.9. The zero-order chi connectivity index (χ0) is 12.1. The molecule has 0 aliphatic rings. The summed E-state index contributed by atoms with van der Waals surface area (Å²) in [4.78, 5) is 0. The number of nitrogens with two attached hydrogens (primary N) is 1. The summed E-state index contributed by atoms with van der Waals surface area (Å²) in [6, 6.07) is 3.85. The fraction of sp³-hybridized carbons (Fsp3) is 0.500. The number of benzene rings is 1. The minimum atomic E-state index is 0. The largest absolute Gasteiger partial charge is 0.493 e. The highest BCUT2D eigenvalue weighted by Crippen LogP contribution is 2.36. The van der Waals surface area contributed by atoms with Crippen molar-refractivity contribution in [3.63, 3.8) is 0 Å². The summed E-state index contributed by atoms with van der Waals surface area (Å²) in [5.74, 6) is 1.43. The predicted octanol–water partition coefficient (Wildman–Crippen LogP) is 3.69. The van der Waals surface area contributed by atoms with Crippen molar-refractivity contribution < 1.29 is 9.47 Å². The highest BCUT2D eigenvalue weighted by molar-refractivity contribution is 9.10. The van der Waals surface area contributed by atoms with E-state index in [0.29, 0.717) is 11.5 Å². The Balaban J connectivity index is 0.00000256. The Bertz CT molecular complexity index is 361. The molecule has 0 saturated heterocycles. The molecule has 98 valence electrons. The van der Waals surface area contributed by atoms with Crippen LogP contribution < -0.4 is 15.2 Å². The van der Waals surface area contributed by atoms with Gasteiger partial charge in [-0.3, -0.25) is 0 Å². The van der Waals surface area contributed by atoms with Crippen molar-refractivity contribution in [3.05, 3.63) is 22.2 Å². The lowest BCUT2D eigenvalue weighted by Crippen LogP contribution is -2.10. The molecule has 0 aliphatic heterocycles. The number of halogens is 2. The van der Waals surface area contributed by atoms with E-state index >= 15 is 0 Å². The van der Waals surface area contributed by atoms with Crippen molar-refractivity contribution in [2.24, 2.45) is 5.73 Å². The van der Waals surface area contributed by atoms with Crippen LogP contribution >= 0.6 is 28.3 Å². The van der Waals surface area contributed by atoms with E-state index in [1.807, 2.05) is 12.1 Å². The average molecular weight is 325 g/mol. The number of hydrogen-bond acceptors (Lipinski definition) is 3. The van der Waals surface area contributed by atoms with Gasteiger partial charge in [0.2, 0.25) is 0 Å². The van der Waals surface area contributed by atoms with Gasteiger partial charge in [0.05, 0.1) is 14.2 Å². The Kier molecular flexibility index (Phi) is 7.59. The van der Waals surface area contributed by atoms with Gasteiger partial charge in [-0.1, -0.05) is 29.3 Å². The molecular formula is C12H19BrClNO2. The third-order valence-electron chi connectivity index (χ3n) is 2.50. The van der Waals surface area contributed by atoms with E-state index in [-0.39, 0.29) is 18.4 Å². The van der Waals surface area contributed by atoms with E-state index in [2.05, 4.69) is 22.9 Å². The van der Waals surface area contributed by atoms with Crippen LogP contribution in [0.4, 0.5) is 0 Å². The maximum Gasteiger partial charge on any atom is 0.161 e. The van der Waals surface area contributed by atoms with Crippen LogP contribution in [0.1, 0.15) is 31.4 Å². The molecule has 5 heteroatoms. The van der Waals surface area contributed by atoms with Crippen LogP contribution in [0, 0.1) is 0 Å². The number of rotatable bonds is 5. The predicted molar refractivity (Wildman–Crippen MR) is 76.3 cm³/mol. The van der Waals surface area contributed by atoms with Crippen molar-refractivity contribution in [2.75, 3.05) is 14.2 Å². The lowest BCUT2D eigenvalue weighted by atomic mass is 10.0. The normalized spacial score (nSPS) is 11.6. The molecule has 0 radical (unpaired) electrons. The van der Waals surface area contributed by atoms with Gasteiger partial charge in [0.25, 0.3) is 0 Å². The fourth-order valence-corrected chi connectivity index (χ4v) is 2.24. The molecule has 0 amide bonds. The van der Waals surface area contributed by atoms with Gasteiger partial charge in [0.1, 0.15) is 0 Å². The molecule has 0 heterocycles. The first-order chi connectivity index (χ1) is 7.63. The zero-order valence-corrected chi connectivity index (χ0v) is 12.7. The monoisotopic (exact) mass is 323 g/mol. The van der Waals surface area contributed by atoms with E-state index in [0.717, 1.165) is 22.9 Å².